The van der Waals surface area contributed by atoms with Crippen molar-refractivity contribution in [1.29, 1.82) is 0 Å². The molecule has 0 amide bonds. The van der Waals surface area contributed by atoms with Crippen LogP contribution in [0.4, 0.5) is 0 Å². The van der Waals surface area contributed by atoms with Gasteiger partial charge >= 0.3 is 0 Å². The van der Waals surface area contributed by atoms with E-state index in [1.54, 1.807) is 0 Å². The molecule has 1 heterocycles. The number of hydrogen-bond acceptors (Lipinski definition) is 3. The van der Waals surface area contributed by atoms with Crippen LogP contribution in [0.5, 0.6) is 0 Å². The molecular weight excluding hydrogens is 268 g/mol. The molecule has 0 radical (unpaired) electrons. The van der Waals surface area contributed by atoms with Crippen LogP contribution >= 0.6 is 12.6 Å². The van der Waals surface area contributed by atoms with Crippen LogP contribution < -0.4 is 5.56 Å². The zero-order valence-corrected chi connectivity index (χ0v) is 12.0. The fourth-order valence-corrected chi connectivity index (χ4v) is 2.67. The summed E-state index contributed by atoms with van der Waals surface area (Å²) < 4.78 is 2.05. The summed E-state index contributed by atoms with van der Waals surface area (Å²) in [7, 11) is 0. The third kappa shape index (κ3) is 2.23. The van der Waals surface area contributed by atoms with Gasteiger partial charge in [0.2, 0.25) is 0 Å². The molecule has 0 aliphatic carbocycles. The van der Waals surface area contributed by atoms with Crippen molar-refractivity contribution in [3.05, 3.63) is 70.3 Å². The molecule has 0 N–H and O–H groups in total. The standard InChI is InChI=1S/C16H14N2OS/c1-11-17-16(19)15-13(8-5-9-14(15)20)18(11)10-12-6-3-2-4-7-12/h2-9,20H,10H2,1H3. The van der Waals surface area contributed by atoms with Crippen molar-refractivity contribution in [1.82, 2.24) is 9.55 Å². The second kappa shape index (κ2) is 5.13. The predicted molar refractivity (Wildman–Crippen MR) is 83.5 cm³/mol. The van der Waals surface area contributed by atoms with Crippen LogP contribution in [-0.2, 0) is 6.54 Å². The molecule has 0 bridgehead atoms. The van der Waals surface area contributed by atoms with Gasteiger partial charge in [0.25, 0.3) is 5.56 Å². The van der Waals surface area contributed by atoms with Gasteiger partial charge in [-0.25, -0.2) is 0 Å². The van der Waals surface area contributed by atoms with Gasteiger partial charge in [-0.2, -0.15) is 4.98 Å². The highest BCUT2D eigenvalue weighted by molar-refractivity contribution is 7.80. The normalized spacial score (nSPS) is 10.9. The third-order valence-electron chi connectivity index (χ3n) is 3.36. The van der Waals surface area contributed by atoms with Gasteiger partial charge in [-0.15, -0.1) is 12.6 Å². The van der Waals surface area contributed by atoms with Crippen LogP contribution in [0.25, 0.3) is 10.9 Å². The van der Waals surface area contributed by atoms with Crippen molar-refractivity contribution in [3.63, 3.8) is 0 Å². The molecule has 0 atom stereocenters. The molecule has 1 aromatic heterocycles. The third-order valence-corrected chi connectivity index (χ3v) is 3.74. The Morgan fingerprint density at radius 1 is 1.10 bits per heavy atom. The summed E-state index contributed by atoms with van der Waals surface area (Å²) in [5, 5.41) is 0.581. The molecule has 0 saturated heterocycles. The van der Waals surface area contributed by atoms with Gasteiger partial charge in [0, 0.05) is 11.4 Å². The molecule has 3 aromatic rings. The van der Waals surface area contributed by atoms with E-state index in [9.17, 15) is 4.79 Å². The van der Waals surface area contributed by atoms with E-state index < -0.39 is 0 Å². The number of benzene rings is 2. The first-order valence-electron chi connectivity index (χ1n) is 6.40. The number of fused-ring (bicyclic) bond motifs is 1. The molecule has 100 valence electrons. The molecule has 3 nitrogen and oxygen atoms in total. The lowest BCUT2D eigenvalue weighted by molar-refractivity contribution is 0.755. The lowest BCUT2D eigenvalue weighted by atomic mass is 10.2. The second-order valence-electron chi connectivity index (χ2n) is 4.71. The summed E-state index contributed by atoms with van der Waals surface area (Å²) in [6.45, 7) is 2.54. The zero-order chi connectivity index (χ0) is 14.1. The summed E-state index contributed by atoms with van der Waals surface area (Å²) >= 11 is 4.37. The van der Waals surface area contributed by atoms with E-state index in [4.69, 9.17) is 0 Å². The van der Waals surface area contributed by atoms with E-state index in [1.807, 2.05) is 47.9 Å². The first-order valence-corrected chi connectivity index (χ1v) is 6.84. The molecule has 0 unspecified atom stereocenters. The highest BCUT2D eigenvalue weighted by atomic mass is 32.1. The van der Waals surface area contributed by atoms with Crippen molar-refractivity contribution in [2.75, 3.05) is 0 Å². The molecule has 0 saturated carbocycles. The smallest absolute Gasteiger partial charge is 0.281 e. The van der Waals surface area contributed by atoms with E-state index in [0.717, 1.165) is 5.52 Å². The minimum atomic E-state index is -0.215. The molecule has 0 spiro atoms. The van der Waals surface area contributed by atoms with Crippen LogP contribution in [0.3, 0.4) is 0 Å². The Kier molecular flexibility index (Phi) is 3.32. The Hall–Kier alpha value is -2.07. The lowest BCUT2D eigenvalue weighted by Gasteiger charge is -2.14. The Morgan fingerprint density at radius 3 is 2.60 bits per heavy atom. The van der Waals surface area contributed by atoms with Gasteiger partial charge in [0.05, 0.1) is 10.9 Å². The molecule has 3 rings (SSSR count). The van der Waals surface area contributed by atoms with Crippen molar-refractivity contribution in [2.45, 2.75) is 18.4 Å². The number of nitrogens with zero attached hydrogens (tertiary/aromatic N) is 2. The maximum atomic E-state index is 12.1. The van der Waals surface area contributed by atoms with Crippen LogP contribution in [0.15, 0.2) is 58.2 Å². The summed E-state index contributed by atoms with van der Waals surface area (Å²) in [5.74, 6) is 0.713. The number of aryl methyl sites for hydroxylation is 1. The van der Waals surface area contributed by atoms with Gasteiger partial charge in [-0.1, -0.05) is 36.4 Å². The van der Waals surface area contributed by atoms with Crippen molar-refractivity contribution >= 4 is 23.5 Å². The lowest BCUT2D eigenvalue weighted by Crippen LogP contribution is -2.17. The molecule has 2 aromatic carbocycles. The Bertz CT molecular complexity index is 825. The van der Waals surface area contributed by atoms with Crippen molar-refractivity contribution in [2.24, 2.45) is 0 Å². The molecule has 20 heavy (non-hydrogen) atoms. The number of hydrogen-bond donors (Lipinski definition) is 1. The van der Waals surface area contributed by atoms with E-state index in [2.05, 4.69) is 29.7 Å². The highest BCUT2D eigenvalue weighted by Gasteiger charge is 2.10. The second-order valence-corrected chi connectivity index (χ2v) is 5.19. The van der Waals surface area contributed by atoms with Crippen molar-refractivity contribution in [3.8, 4) is 0 Å². The molecule has 0 aliphatic heterocycles. The number of aromatic nitrogens is 2. The topological polar surface area (TPSA) is 34.9 Å². The summed E-state index contributed by atoms with van der Waals surface area (Å²) in [6.07, 6.45) is 0. The largest absolute Gasteiger partial charge is 0.325 e. The zero-order valence-electron chi connectivity index (χ0n) is 11.1. The summed E-state index contributed by atoms with van der Waals surface area (Å²) in [6, 6.07) is 15.8. The maximum Gasteiger partial charge on any atom is 0.281 e. The van der Waals surface area contributed by atoms with Crippen LogP contribution in [-0.4, -0.2) is 9.55 Å². The quantitative estimate of drug-likeness (QED) is 0.733. The van der Waals surface area contributed by atoms with Gasteiger partial charge in [0.1, 0.15) is 5.82 Å². The fraction of sp³-hybridized carbons (Fsp3) is 0.125. The summed E-state index contributed by atoms with van der Waals surface area (Å²) in [5.41, 5.74) is 1.83. The first-order chi connectivity index (χ1) is 9.66. The van der Waals surface area contributed by atoms with Crippen LogP contribution in [0.2, 0.25) is 0 Å². The number of thiol groups is 1. The Morgan fingerprint density at radius 2 is 1.85 bits per heavy atom. The van der Waals surface area contributed by atoms with Crippen LogP contribution in [0, 0.1) is 6.92 Å². The van der Waals surface area contributed by atoms with Crippen LogP contribution in [0.1, 0.15) is 11.4 Å². The molecule has 0 fully saturated rings. The predicted octanol–water partition coefficient (Wildman–Crippen LogP) is 3.04. The first kappa shape index (κ1) is 12.9. The van der Waals surface area contributed by atoms with E-state index in [1.165, 1.54) is 5.56 Å². The molecule has 4 heteroatoms. The van der Waals surface area contributed by atoms with E-state index in [-0.39, 0.29) is 5.56 Å². The van der Waals surface area contributed by atoms with E-state index >= 15 is 0 Å². The molecular formula is C16H14N2OS. The fourth-order valence-electron chi connectivity index (χ4n) is 2.38. The van der Waals surface area contributed by atoms with Gasteiger partial charge in [0.15, 0.2) is 0 Å². The minimum absolute atomic E-state index is 0.215. The van der Waals surface area contributed by atoms with Gasteiger partial charge in [-0.05, 0) is 24.6 Å². The Balaban J connectivity index is 2.25. The monoisotopic (exact) mass is 282 g/mol. The average molecular weight is 282 g/mol. The Labute approximate surface area is 122 Å². The van der Waals surface area contributed by atoms with Crippen molar-refractivity contribution < 1.29 is 0 Å². The summed E-state index contributed by atoms with van der Waals surface area (Å²) in [4.78, 5) is 16.8. The SMILES string of the molecule is Cc1nc(=O)c2c(S)cccc2n1Cc1ccccc1. The maximum absolute atomic E-state index is 12.1. The minimum Gasteiger partial charge on any atom is -0.325 e. The average Bonchev–Trinajstić information content (AvgIpc) is 2.44. The van der Waals surface area contributed by atoms with E-state index in [0.29, 0.717) is 22.7 Å². The highest BCUT2D eigenvalue weighted by Crippen LogP contribution is 2.19. The van der Waals surface area contributed by atoms with Gasteiger partial charge < -0.3 is 4.57 Å². The number of rotatable bonds is 2. The molecule has 0 aliphatic rings. The van der Waals surface area contributed by atoms with Gasteiger partial charge in [-0.3, -0.25) is 4.79 Å².